The van der Waals surface area contributed by atoms with Crippen molar-refractivity contribution < 1.29 is 19.1 Å². The highest BCUT2D eigenvalue weighted by Crippen LogP contribution is 2.35. The molecular weight excluding hydrogens is 420 g/mol. The molecule has 174 valence electrons. The first-order valence-corrected chi connectivity index (χ1v) is 11.1. The monoisotopic (exact) mass is 450 g/mol. The fourth-order valence-electron chi connectivity index (χ4n) is 4.20. The summed E-state index contributed by atoms with van der Waals surface area (Å²) in [4.78, 5) is 32.1. The molecule has 0 saturated carbocycles. The van der Waals surface area contributed by atoms with E-state index in [1.54, 1.807) is 32.2 Å². The Morgan fingerprint density at radius 2 is 1.55 bits per heavy atom. The maximum absolute atomic E-state index is 13.1. The highest BCUT2D eigenvalue weighted by molar-refractivity contribution is 6.36. The first-order chi connectivity index (χ1) is 16.0. The number of nitrogens with one attached hydrogen (secondary N) is 1. The Hall–Kier alpha value is -3.52. The second kappa shape index (κ2) is 9.54. The summed E-state index contributed by atoms with van der Waals surface area (Å²) < 4.78 is 10.7. The number of likely N-dealkylation sites (N-methyl/N-ethyl adjacent to an activating group) is 2. The van der Waals surface area contributed by atoms with Crippen molar-refractivity contribution in [3.8, 4) is 11.5 Å². The molecule has 2 heterocycles. The summed E-state index contributed by atoms with van der Waals surface area (Å²) in [6.45, 7) is 6.11. The lowest BCUT2D eigenvalue weighted by Gasteiger charge is -2.34. The topological polar surface area (TPSA) is 74.4 Å². The molecule has 0 atom stereocenters. The lowest BCUT2D eigenvalue weighted by atomic mass is 10.0. The van der Waals surface area contributed by atoms with Gasteiger partial charge >= 0.3 is 0 Å². The molecule has 1 N–H and O–H groups in total. The van der Waals surface area contributed by atoms with Crippen molar-refractivity contribution >= 4 is 28.8 Å². The van der Waals surface area contributed by atoms with Crippen LogP contribution in [-0.2, 0) is 9.59 Å². The maximum atomic E-state index is 13.1. The van der Waals surface area contributed by atoms with E-state index in [1.165, 1.54) is 12.0 Å². The summed E-state index contributed by atoms with van der Waals surface area (Å²) >= 11 is 0. The van der Waals surface area contributed by atoms with E-state index in [0.29, 0.717) is 29.2 Å². The van der Waals surface area contributed by atoms with Gasteiger partial charge in [-0.05, 0) is 55.9 Å². The lowest BCUT2D eigenvalue weighted by Crippen LogP contribution is -2.44. The second-order valence-electron chi connectivity index (χ2n) is 8.14. The number of carbonyl (C=O) groups excluding carboxylic acids is 2. The molecular formula is C25H30N4O4. The Bertz CT molecular complexity index is 1070. The molecule has 0 aliphatic carbocycles. The van der Waals surface area contributed by atoms with Crippen LogP contribution in [-0.4, -0.2) is 75.6 Å². The Morgan fingerprint density at radius 1 is 0.879 bits per heavy atom. The van der Waals surface area contributed by atoms with Crippen molar-refractivity contribution in [2.45, 2.75) is 6.92 Å². The Labute approximate surface area is 194 Å². The molecule has 0 bridgehead atoms. The molecule has 0 spiro atoms. The van der Waals surface area contributed by atoms with Gasteiger partial charge in [-0.15, -0.1) is 0 Å². The number of benzene rings is 2. The minimum Gasteiger partial charge on any atom is -0.493 e. The van der Waals surface area contributed by atoms with Crippen molar-refractivity contribution in [2.24, 2.45) is 0 Å². The zero-order chi connectivity index (χ0) is 23.5. The summed E-state index contributed by atoms with van der Waals surface area (Å²) in [5, 5.41) is 3.21. The summed E-state index contributed by atoms with van der Waals surface area (Å²) in [5.41, 5.74) is 3.08. The fraction of sp³-hybridized carbons (Fsp3) is 0.360. The third kappa shape index (κ3) is 4.39. The predicted octanol–water partition coefficient (Wildman–Crippen LogP) is 2.67. The highest BCUT2D eigenvalue weighted by Gasteiger charge is 2.38. The van der Waals surface area contributed by atoms with Gasteiger partial charge in [0.1, 0.15) is 5.70 Å². The largest absolute Gasteiger partial charge is 0.493 e. The first-order valence-electron chi connectivity index (χ1n) is 11.1. The van der Waals surface area contributed by atoms with Gasteiger partial charge in [0.25, 0.3) is 11.8 Å². The number of hydrogen-bond acceptors (Lipinski definition) is 7. The van der Waals surface area contributed by atoms with Gasteiger partial charge in [-0.1, -0.05) is 6.07 Å². The SMILES string of the molecule is CCN1C(=O)C(Nc2ccc(N3CCN(C)CC3)cc2)=C(c2ccc(OC)c(OC)c2)C1=O. The molecule has 0 unspecified atom stereocenters. The van der Waals surface area contributed by atoms with Crippen molar-refractivity contribution in [3.05, 3.63) is 53.7 Å². The van der Waals surface area contributed by atoms with Gasteiger partial charge in [0.15, 0.2) is 11.5 Å². The van der Waals surface area contributed by atoms with E-state index >= 15 is 0 Å². The highest BCUT2D eigenvalue weighted by atomic mass is 16.5. The van der Waals surface area contributed by atoms with Gasteiger partial charge < -0.3 is 24.6 Å². The van der Waals surface area contributed by atoms with Gasteiger partial charge in [-0.2, -0.15) is 0 Å². The molecule has 0 aromatic heterocycles. The molecule has 0 radical (unpaired) electrons. The van der Waals surface area contributed by atoms with Crippen molar-refractivity contribution in [3.63, 3.8) is 0 Å². The van der Waals surface area contributed by atoms with Crippen molar-refractivity contribution in [2.75, 3.05) is 64.2 Å². The predicted molar refractivity (Wildman–Crippen MR) is 129 cm³/mol. The molecule has 2 aromatic carbocycles. The Morgan fingerprint density at radius 3 is 2.15 bits per heavy atom. The van der Waals surface area contributed by atoms with Gasteiger partial charge in [0.05, 0.1) is 19.8 Å². The van der Waals surface area contributed by atoms with Crippen LogP contribution in [0.5, 0.6) is 11.5 Å². The van der Waals surface area contributed by atoms with Crippen molar-refractivity contribution in [1.82, 2.24) is 9.80 Å². The van der Waals surface area contributed by atoms with Crippen LogP contribution in [0.4, 0.5) is 11.4 Å². The smallest absolute Gasteiger partial charge is 0.278 e. The van der Waals surface area contributed by atoms with Crippen LogP contribution in [0.2, 0.25) is 0 Å². The average molecular weight is 451 g/mol. The lowest BCUT2D eigenvalue weighted by molar-refractivity contribution is -0.136. The maximum Gasteiger partial charge on any atom is 0.278 e. The number of methoxy groups -OCH3 is 2. The van der Waals surface area contributed by atoms with Crippen molar-refractivity contribution in [1.29, 1.82) is 0 Å². The van der Waals surface area contributed by atoms with Gasteiger partial charge in [0.2, 0.25) is 0 Å². The number of hydrogen-bond donors (Lipinski definition) is 1. The van der Waals surface area contributed by atoms with E-state index in [1.807, 2.05) is 24.3 Å². The third-order valence-corrected chi connectivity index (χ3v) is 6.16. The second-order valence-corrected chi connectivity index (χ2v) is 8.14. The molecule has 2 aliphatic rings. The number of ether oxygens (including phenoxy) is 2. The summed E-state index contributed by atoms with van der Waals surface area (Å²) in [5.74, 6) is 0.384. The van der Waals surface area contributed by atoms with Crippen LogP contribution in [0, 0.1) is 0 Å². The quantitative estimate of drug-likeness (QED) is 0.650. The van der Waals surface area contributed by atoms with Crippen LogP contribution < -0.4 is 19.7 Å². The molecule has 4 rings (SSSR count). The van der Waals surface area contributed by atoms with Crippen LogP contribution in [0.25, 0.3) is 5.57 Å². The average Bonchev–Trinajstić information content (AvgIpc) is 3.08. The minimum atomic E-state index is -0.338. The number of anilines is 2. The zero-order valence-corrected chi connectivity index (χ0v) is 19.6. The third-order valence-electron chi connectivity index (χ3n) is 6.16. The normalized spacial score (nSPS) is 17.1. The van der Waals surface area contributed by atoms with Crippen LogP contribution in [0.3, 0.4) is 0 Å². The van der Waals surface area contributed by atoms with E-state index in [4.69, 9.17) is 9.47 Å². The Kier molecular flexibility index (Phi) is 6.55. The minimum absolute atomic E-state index is 0.265. The van der Waals surface area contributed by atoms with Crippen LogP contribution in [0.15, 0.2) is 48.2 Å². The van der Waals surface area contributed by atoms with Crippen LogP contribution in [0.1, 0.15) is 12.5 Å². The van der Waals surface area contributed by atoms with E-state index in [-0.39, 0.29) is 17.5 Å². The number of nitrogens with zero attached hydrogens (tertiary/aromatic N) is 3. The number of piperazine rings is 1. The molecule has 8 heteroatoms. The fourth-order valence-corrected chi connectivity index (χ4v) is 4.20. The first kappa shape index (κ1) is 22.7. The van der Waals surface area contributed by atoms with Gasteiger partial charge in [-0.25, -0.2) is 0 Å². The number of rotatable bonds is 7. The molecule has 2 aromatic rings. The van der Waals surface area contributed by atoms with Crippen LogP contribution >= 0.6 is 0 Å². The summed E-state index contributed by atoms with van der Waals surface area (Å²) in [6.07, 6.45) is 0. The summed E-state index contributed by atoms with van der Waals surface area (Å²) in [7, 11) is 5.23. The van der Waals surface area contributed by atoms with Gasteiger partial charge in [-0.3, -0.25) is 14.5 Å². The van der Waals surface area contributed by atoms with E-state index in [9.17, 15) is 9.59 Å². The standard InChI is InChI=1S/C25H30N4O4/c1-5-29-24(30)22(17-6-11-20(32-3)21(16-17)33-4)23(25(29)31)26-18-7-9-19(10-8-18)28-14-12-27(2)13-15-28/h6-11,16,26H,5,12-15H2,1-4H3. The molecule has 1 fully saturated rings. The molecule has 33 heavy (non-hydrogen) atoms. The van der Waals surface area contributed by atoms with E-state index < -0.39 is 0 Å². The molecule has 1 saturated heterocycles. The van der Waals surface area contributed by atoms with E-state index in [2.05, 4.69) is 22.2 Å². The Balaban J connectivity index is 1.65. The number of amides is 2. The molecule has 2 aliphatic heterocycles. The molecule has 2 amide bonds. The molecule has 8 nitrogen and oxygen atoms in total. The van der Waals surface area contributed by atoms with E-state index in [0.717, 1.165) is 37.6 Å². The number of carbonyl (C=O) groups is 2. The summed E-state index contributed by atoms with van der Waals surface area (Å²) in [6, 6.07) is 13.2. The number of imide groups is 1. The van der Waals surface area contributed by atoms with Gasteiger partial charge in [0, 0.05) is 44.1 Å². The zero-order valence-electron chi connectivity index (χ0n) is 19.6.